The molecule has 24 heavy (non-hydrogen) atoms. The smallest absolute Gasteiger partial charge is 0.327 e. The van der Waals surface area contributed by atoms with Gasteiger partial charge in [-0.1, -0.05) is 18.2 Å². The van der Waals surface area contributed by atoms with Gasteiger partial charge in [-0.2, -0.15) is 11.8 Å². The molecule has 0 aliphatic carbocycles. The topological polar surface area (TPSA) is 105 Å². The molecule has 1 saturated heterocycles. The molecule has 0 spiro atoms. The van der Waals surface area contributed by atoms with Crippen molar-refractivity contribution in [2.24, 2.45) is 0 Å². The number of carbonyl (C=O) groups is 3. The van der Waals surface area contributed by atoms with Gasteiger partial charge in [0, 0.05) is 10.5 Å². The van der Waals surface area contributed by atoms with Gasteiger partial charge in [0.2, 0.25) is 5.91 Å². The molecule has 2 rings (SSSR count). The molecule has 1 aliphatic heterocycles. The summed E-state index contributed by atoms with van der Waals surface area (Å²) >= 11 is 1.33. The summed E-state index contributed by atoms with van der Waals surface area (Å²) in [7, 11) is 0. The van der Waals surface area contributed by atoms with Crippen molar-refractivity contribution in [1.82, 2.24) is 10.6 Å². The highest BCUT2D eigenvalue weighted by molar-refractivity contribution is 8.00. The number of para-hydroxylation sites is 1. The van der Waals surface area contributed by atoms with Crippen molar-refractivity contribution in [2.45, 2.75) is 30.7 Å². The zero-order valence-corrected chi connectivity index (χ0v) is 14.3. The van der Waals surface area contributed by atoms with Crippen LogP contribution in [0.3, 0.4) is 0 Å². The Kier molecular flexibility index (Phi) is 5.71. The van der Waals surface area contributed by atoms with Crippen LogP contribution < -0.4 is 15.4 Å². The molecule has 2 atom stereocenters. The number of rotatable bonds is 5. The zero-order chi connectivity index (χ0) is 17.7. The number of ether oxygens (including phenoxy) is 1. The predicted molar refractivity (Wildman–Crippen MR) is 90.0 cm³/mol. The van der Waals surface area contributed by atoms with Gasteiger partial charge in [0.05, 0.1) is 0 Å². The zero-order valence-electron chi connectivity index (χ0n) is 13.4. The summed E-state index contributed by atoms with van der Waals surface area (Å²) in [6, 6.07) is 7.04. The summed E-state index contributed by atoms with van der Waals surface area (Å²) in [6.45, 7) is 3.28. The summed E-state index contributed by atoms with van der Waals surface area (Å²) in [5.74, 6) is -1.20. The average Bonchev–Trinajstić information content (AvgIpc) is 2.65. The highest BCUT2D eigenvalue weighted by atomic mass is 32.2. The third kappa shape index (κ3) is 4.64. The maximum Gasteiger partial charge on any atom is 0.327 e. The molecule has 8 heteroatoms. The Morgan fingerprint density at radius 1 is 1.38 bits per heavy atom. The average molecular weight is 352 g/mol. The van der Waals surface area contributed by atoms with Crippen molar-refractivity contribution in [3.63, 3.8) is 0 Å². The summed E-state index contributed by atoms with van der Waals surface area (Å²) in [5.41, 5.74) is 0. The van der Waals surface area contributed by atoms with E-state index in [1.807, 2.05) is 6.07 Å². The van der Waals surface area contributed by atoms with Gasteiger partial charge in [-0.15, -0.1) is 0 Å². The van der Waals surface area contributed by atoms with Crippen LogP contribution in [0, 0.1) is 0 Å². The molecule has 1 heterocycles. The SMILES string of the molecule is CC1(C)SC[C@H](NC(=O)COc2ccccc2)C(=O)N[C@H]1C(=O)O. The minimum absolute atomic E-state index is 0.218. The van der Waals surface area contributed by atoms with Crippen molar-refractivity contribution >= 4 is 29.5 Å². The van der Waals surface area contributed by atoms with Gasteiger partial charge in [-0.05, 0) is 26.0 Å². The fraction of sp³-hybridized carbons (Fsp3) is 0.438. The number of benzene rings is 1. The monoisotopic (exact) mass is 352 g/mol. The number of hydrogen-bond acceptors (Lipinski definition) is 5. The van der Waals surface area contributed by atoms with Gasteiger partial charge >= 0.3 is 5.97 Å². The van der Waals surface area contributed by atoms with E-state index in [9.17, 15) is 19.5 Å². The summed E-state index contributed by atoms with van der Waals surface area (Å²) in [5, 5.41) is 14.3. The number of carboxylic acids is 1. The molecule has 130 valence electrons. The highest BCUT2D eigenvalue weighted by Gasteiger charge is 2.42. The lowest BCUT2D eigenvalue weighted by molar-refractivity contribution is -0.142. The van der Waals surface area contributed by atoms with Crippen molar-refractivity contribution in [2.75, 3.05) is 12.4 Å². The normalized spacial score (nSPS) is 22.8. The van der Waals surface area contributed by atoms with E-state index in [0.29, 0.717) is 11.5 Å². The fourth-order valence-corrected chi connectivity index (χ4v) is 3.40. The number of carboxylic acid groups (broad SMARTS) is 1. The summed E-state index contributed by atoms with van der Waals surface area (Å²) < 4.78 is 4.65. The van der Waals surface area contributed by atoms with Gasteiger partial charge in [-0.3, -0.25) is 9.59 Å². The molecular weight excluding hydrogens is 332 g/mol. The molecule has 2 amide bonds. The maximum atomic E-state index is 12.2. The summed E-state index contributed by atoms with van der Waals surface area (Å²) in [6.07, 6.45) is 0. The van der Waals surface area contributed by atoms with Crippen molar-refractivity contribution in [1.29, 1.82) is 0 Å². The van der Waals surface area contributed by atoms with Crippen LogP contribution in [0.4, 0.5) is 0 Å². The van der Waals surface area contributed by atoms with Crippen LogP contribution in [-0.2, 0) is 14.4 Å². The van der Waals surface area contributed by atoms with Gasteiger partial charge in [-0.25, -0.2) is 4.79 Å². The third-order valence-electron chi connectivity index (χ3n) is 3.62. The number of nitrogens with one attached hydrogen (secondary N) is 2. The molecular formula is C16H20N2O5S. The molecule has 0 aromatic heterocycles. The van der Waals surface area contributed by atoms with Gasteiger partial charge in [0.25, 0.3) is 5.91 Å². The number of aliphatic carboxylic acids is 1. The third-order valence-corrected chi connectivity index (χ3v) is 5.10. The van der Waals surface area contributed by atoms with Crippen molar-refractivity contribution in [3.8, 4) is 5.75 Å². The molecule has 0 saturated carbocycles. The van der Waals surface area contributed by atoms with Gasteiger partial charge in [0.15, 0.2) is 6.61 Å². The van der Waals surface area contributed by atoms with E-state index in [2.05, 4.69) is 10.6 Å². The highest BCUT2D eigenvalue weighted by Crippen LogP contribution is 2.31. The molecule has 3 N–H and O–H groups in total. The van der Waals surface area contributed by atoms with Gasteiger partial charge in [0.1, 0.15) is 17.8 Å². The Labute approximate surface area is 144 Å². The lowest BCUT2D eigenvalue weighted by Gasteiger charge is -2.28. The number of amides is 2. The second-order valence-corrected chi connectivity index (χ2v) is 7.59. The lowest BCUT2D eigenvalue weighted by Crippen LogP contribution is -2.55. The minimum Gasteiger partial charge on any atom is -0.484 e. The van der Waals surface area contributed by atoms with Crippen LogP contribution >= 0.6 is 11.8 Å². The Morgan fingerprint density at radius 2 is 2.04 bits per heavy atom. The maximum absolute atomic E-state index is 12.2. The first kappa shape index (κ1) is 18.1. The van der Waals surface area contributed by atoms with E-state index in [-0.39, 0.29) is 6.61 Å². The van der Waals surface area contributed by atoms with Crippen molar-refractivity contribution < 1.29 is 24.2 Å². The van der Waals surface area contributed by atoms with Crippen LogP contribution in [0.2, 0.25) is 0 Å². The molecule has 0 bridgehead atoms. The van der Waals surface area contributed by atoms with E-state index in [4.69, 9.17) is 4.74 Å². The van der Waals surface area contributed by atoms with Crippen molar-refractivity contribution in [3.05, 3.63) is 30.3 Å². The van der Waals surface area contributed by atoms with E-state index < -0.39 is 34.6 Å². The fourth-order valence-electron chi connectivity index (χ4n) is 2.24. The van der Waals surface area contributed by atoms with E-state index >= 15 is 0 Å². The molecule has 0 radical (unpaired) electrons. The Balaban J connectivity index is 1.93. The number of carbonyl (C=O) groups excluding carboxylic acids is 2. The second-order valence-electron chi connectivity index (χ2n) is 5.92. The van der Waals surface area contributed by atoms with E-state index in [1.165, 1.54) is 11.8 Å². The van der Waals surface area contributed by atoms with E-state index in [0.717, 1.165) is 0 Å². The Bertz CT molecular complexity index is 620. The van der Waals surface area contributed by atoms with E-state index in [1.54, 1.807) is 38.1 Å². The quantitative estimate of drug-likeness (QED) is 0.718. The molecule has 1 fully saturated rings. The van der Waals surface area contributed by atoms with Crippen LogP contribution in [0.25, 0.3) is 0 Å². The van der Waals surface area contributed by atoms with Gasteiger partial charge < -0.3 is 20.5 Å². The van der Waals surface area contributed by atoms with Crippen LogP contribution in [0.1, 0.15) is 13.8 Å². The van der Waals surface area contributed by atoms with Crippen LogP contribution in [-0.4, -0.2) is 52.1 Å². The lowest BCUT2D eigenvalue weighted by atomic mass is 10.0. The summed E-state index contributed by atoms with van der Waals surface area (Å²) in [4.78, 5) is 35.5. The molecule has 1 aliphatic rings. The molecule has 1 aromatic rings. The predicted octanol–water partition coefficient (Wildman–Crippen LogP) is 0.645. The minimum atomic E-state index is -1.10. The van der Waals surface area contributed by atoms with Crippen LogP contribution in [0.5, 0.6) is 5.75 Å². The number of thioether (sulfide) groups is 1. The first-order chi connectivity index (χ1) is 11.3. The molecule has 0 unspecified atom stereocenters. The number of hydrogen-bond donors (Lipinski definition) is 3. The molecule has 1 aromatic carbocycles. The van der Waals surface area contributed by atoms with Crippen LogP contribution in [0.15, 0.2) is 30.3 Å². The first-order valence-electron chi connectivity index (χ1n) is 7.44. The standard InChI is InChI=1S/C16H20N2O5S/c1-16(2)13(15(21)22)18-14(20)11(9-24-16)17-12(19)8-23-10-6-4-3-5-7-10/h3-7,11,13H,8-9H2,1-2H3,(H,17,19)(H,18,20)(H,21,22)/t11-,13-/m0/s1. The first-order valence-corrected chi connectivity index (χ1v) is 8.42. The largest absolute Gasteiger partial charge is 0.484 e. The Morgan fingerprint density at radius 3 is 2.67 bits per heavy atom. The Hall–Kier alpha value is -2.22. The molecule has 7 nitrogen and oxygen atoms in total. The second kappa shape index (κ2) is 7.57.